The van der Waals surface area contributed by atoms with Gasteiger partial charge < -0.3 is 5.32 Å². The molecular weight excluding hydrogens is 134 g/mol. The van der Waals surface area contributed by atoms with E-state index in [-0.39, 0.29) is 0 Å². The summed E-state index contributed by atoms with van der Waals surface area (Å²) in [5.74, 6) is 0.984. The van der Waals surface area contributed by atoms with Gasteiger partial charge in [0, 0.05) is 12.6 Å². The van der Waals surface area contributed by atoms with Crippen molar-refractivity contribution in [1.29, 1.82) is 0 Å². The molecule has 1 aliphatic carbocycles. The molecule has 1 saturated carbocycles. The molecule has 64 valence electrons. The van der Waals surface area contributed by atoms with E-state index in [1.807, 2.05) is 6.08 Å². The van der Waals surface area contributed by atoms with E-state index in [0.29, 0.717) is 0 Å². The Morgan fingerprint density at radius 1 is 1.55 bits per heavy atom. The molecular formula is C10H19N. The topological polar surface area (TPSA) is 12.0 Å². The maximum Gasteiger partial charge on any atom is 0.0134 e. The van der Waals surface area contributed by atoms with Crippen molar-refractivity contribution in [3.8, 4) is 0 Å². The summed E-state index contributed by atoms with van der Waals surface area (Å²) >= 11 is 0. The van der Waals surface area contributed by atoms with E-state index in [1.165, 1.54) is 25.7 Å². The van der Waals surface area contributed by atoms with Gasteiger partial charge in [0.15, 0.2) is 0 Å². The van der Waals surface area contributed by atoms with Gasteiger partial charge in [-0.1, -0.05) is 19.4 Å². The van der Waals surface area contributed by atoms with E-state index in [0.717, 1.165) is 18.5 Å². The van der Waals surface area contributed by atoms with Crippen LogP contribution in [0, 0.1) is 5.92 Å². The molecule has 0 heterocycles. The van der Waals surface area contributed by atoms with Crippen molar-refractivity contribution in [2.24, 2.45) is 5.92 Å². The summed E-state index contributed by atoms with van der Waals surface area (Å²) in [6, 6.07) is 0.776. The summed E-state index contributed by atoms with van der Waals surface area (Å²) in [7, 11) is 0. The van der Waals surface area contributed by atoms with Crippen molar-refractivity contribution in [1.82, 2.24) is 5.32 Å². The van der Waals surface area contributed by atoms with Crippen molar-refractivity contribution < 1.29 is 0 Å². The maximum absolute atomic E-state index is 3.70. The van der Waals surface area contributed by atoms with Crippen LogP contribution in [0.3, 0.4) is 0 Å². The Morgan fingerprint density at radius 2 is 2.36 bits per heavy atom. The molecule has 1 aliphatic rings. The zero-order chi connectivity index (χ0) is 8.10. The van der Waals surface area contributed by atoms with Gasteiger partial charge >= 0.3 is 0 Å². The van der Waals surface area contributed by atoms with E-state index < -0.39 is 0 Å². The van der Waals surface area contributed by atoms with Crippen LogP contribution < -0.4 is 5.32 Å². The van der Waals surface area contributed by atoms with E-state index in [1.54, 1.807) is 0 Å². The van der Waals surface area contributed by atoms with Gasteiger partial charge in [-0.3, -0.25) is 0 Å². The highest BCUT2D eigenvalue weighted by molar-refractivity contribution is 4.82. The molecule has 1 heteroatoms. The molecule has 1 N–H and O–H groups in total. The van der Waals surface area contributed by atoms with Gasteiger partial charge in [-0.15, -0.1) is 6.58 Å². The molecule has 0 spiro atoms. The second-order valence-corrected chi connectivity index (χ2v) is 3.48. The first kappa shape index (κ1) is 8.79. The maximum atomic E-state index is 3.70. The van der Waals surface area contributed by atoms with Gasteiger partial charge in [0.25, 0.3) is 0 Å². The summed E-state index contributed by atoms with van der Waals surface area (Å²) in [5.41, 5.74) is 0. The van der Waals surface area contributed by atoms with Gasteiger partial charge in [0.2, 0.25) is 0 Å². The number of hydrogen-bond donors (Lipinski definition) is 1. The first-order chi connectivity index (χ1) is 5.36. The summed E-state index contributed by atoms with van der Waals surface area (Å²) in [5, 5.41) is 3.48. The zero-order valence-electron chi connectivity index (χ0n) is 7.47. The monoisotopic (exact) mass is 153 g/mol. The third kappa shape index (κ3) is 2.66. The van der Waals surface area contributed by atoms with Crippen LogP contribution in [0.1, 0.15) is 32.6 Å². The third-order valence-corrected chi connectivity index (χ3v) is 2.67. The highest BCUT2D eigenvalue weighted by atomic mass is 14.9. The molecule has 0 aromatic carbocycles. The molecule has 0 aliphatic heterocycles. The Bertz CT molecular complexity index is 120. The Balaban J connectivity index is 2.13. The van der Waals surface area contributed by atoms with Crippen LogP contribution in [0.2, 0.25) is 0 Å². The Kier molecular flexibility index (Phi) is 3.64. The SMILES string of the molecule is C=CCNC1CCC(CC)C1. The Morgan fingerprint density at radius 3 is 2.91 bits per heavy atom. The third-order valence-electron chi connectivity index (χ3n) is 2.67. The second kappa shape index (κ2) is 4.55. The minimum atomic E-state index is 0.776. The van der Waals surface area contributed by atoms with Crippen LogP contribution in [0.4, 0.5) is 0 Å². The predicted molar refractivity (Wildman–Crippen MR) is 49.6 cm³/mol. The predicted octanol–water partition coefficient (Wildman–Crippen LogP) is 2.34. The van der Waals surface area contributed by atoms with Crippen LogP contribution in [0.25, 0.3) is 0 Å². The van der Waals surface area contributed by atoms with Crippen LogP contribution in [-0.4, -0.2) is 12.6 Å². The van der Waals surface area contributed by atoms with Gasteiger partial charge in [-0.05, 0) is 25.2 Å². The molecule has 11 heavy (non-hydrogen) atoms. The summed E-state index contributed by atoms with van der Waals surface area (Å²) < 4.78 is 0. The number of rotatable bonds is 4. The van der Waals surface area contributed by atoms with Crippen molar-refractivity contribution in [3.63, 3.8) is 0 Å². The van der Waals surface area contributed by atoms with Gasteiger partial charge in [-0.2, -0.15) is 0 Å². The van der Waals surface area contributed by atoms with Gasteiger partial charge in [0.05, 0.1) is 0 Å². The quantitative estimate of drug-likeness (QED) is 0.611. The van der Waals surface area contributed by atoms with E-state index in [9.17, 15) is 0 Å². The molecule has 0 aromatic heterocycles. The lowest BCUT2D eigenvalue weighted by atomic mass is 10.1. The fourth-order valence-corrected chi connectivity index (χ4v) is 1.88. The summed E-state index contributed by atoms with van der Waals surface area (Å²) in [4.78, 5) is 0. The molecule has 0 radical (unpaired) electrons. The number of hydrogen-bond acceptors (Lipinski definition) is 1. The van der Waals surface area contributed by atoms with Gasteiger partial charge in [-0.25, -0.2) is 0 Å². The minimum Gasteiger partial charge on any atom is -0.311 e. The van der Waals surface area contributed by atoms with E-state index in [2.05, 4.69) is 18.8 Å². The van der Waals surface area contributed by atoms with Crippen molar-refractivity contribution in [2.45, 2.75) is 38.6 Å². The molecule has 0 aromatic rings. The lowest BCUT2D eigenvalue weighted by molar-refractivity contribution is 0.491. The first-order valence-electron chi connectivity index (χ1n) is 4.71. The lowest BCUT2D eigenvalue weighted by Crippen LogP contribution is -2.26. The van der Waals surface area contributed by atoms with E-state index in [4.69, 9.17) is 0 Å². The van der Waals surface area contributed by atoms with Crippen LogP contribution >= 0.6 is 0 Å². The van der Waals surface area contributed by atoms with Crippen LogP contribution in [-0.2, 0) is 0 Å². The Labute approximate surface area is 69.9 Å². The molecule has 0 amide bonds. The summed E-state index contributed by atoms with van der Waals surface area (Å²) in [6.07, 6.45) is 7.47. The lowest BCUT2D eigenvalue weighted by Gasteiger charge is -2.10. The molecule has 0 saturated heterocycles. The fraction of sp³-hybridized carbons (Fsp3) is 0.800. The number of nitrogens with one attached hydrogen (secondary N) is 1. The molecule has 0 bridgehead atoms. The average Bonchev–Trinajstić information content (AvgIpc) is 2.48. The summed E-state index contributed by atoms with van der Waals surface area (Å²) in [6.45, 7) is 6.96. The minimum absolute atomic E-state index is 0.776. The molecule has 1 rings (SSSR count). The zero-order valence-corrected chi connectivity index (χ0v) is 7.47. The smallest absolute Gasteiger partial charge is 0.0134 e. The highest BCUT2D eigenvalue weighted by Gasteiger charge is 2.21. The molecule has 1 fully saturated rings. The normalized spacial score (nSPS) is 30.6. The van der Waals surface area contributed by atoms with Gasteiger partial charge in [0.1, 0.15) is 0 Å². The van der Waals surface area contributed by atoms with Crippen molar-refractivity contribution >= 4 is 0 Å². The van der Waals surface area contributed by atoms with E-state index >= 15 is 0 Å². The van der Waals surface area contributed by atoms with Crippen LogP contribution in [0.15, 0.2) is 12.7 Å². The van der Waals surface area contributed by atoms with Crippen LogP contribution in [0.5, 0.6) is 0 Å². The van der Waals surface area contributed by atoms with Crippen molar-refractivity contribution in [2.75, 3.05) is 6.54 Å². The first-order valence-corrected chi connectivity index (χ1v) is 4.71. The highest BCUT2D eigenvalue weighted by Crippen LogP contribution is 2.27. The van der Waals surface area contributed by atoms with Crippen molar-refractivity contribution in [3.05, 3.63) is 12.7 Å². The molecule has 2 unspecified atom stereocenters. The largest absolute Gasteiger partial charge is 0.311 e. The standard InChI is InChI=1S/C10H19N/c1-3-7-11-10-6-5-9(4-2)8-10/h3,9-11H,1,4-8H2,2H3. The second-order valence-electron chi connectivity index (χ2n) is 3.48. The molecule has 1 nitrogen and oxygen atoms in total. The Hall–Kier alpha value is -0.300. The average molecular weight is 153 g/mol. The fourth-order valence-electron chi connectivity index (χ4n) is 1.88. The molecule has 2 atom stereocenters.